The van der Waals surface area contributed by atoms with Crippen LogP contribution >= 0.6 is 11.3 Å². The van der Waals surface area contributed by atoms with Gasteiger partial charge in [-0.3, -0.25) is 4.90 Å². The Labute approximate surface area is 126 Å². The second kappa shape index (κ2) is 7.50. The summed E-state index contributed by atoms with van der Waals surface area (Å²) >= 11 is 1.81. The monoisotopic (exact) mass is 297 g/mol. The fraction of sp³-hybridized carbons (Fsp3) is 0.800. The van der Waals surface area contributed by atoms with Crippen molar-refractivity contribution in [3.05, 3.63) is 16.1 Å². The Kier molecular flexibility index (Phi) is 5.96. The van der Waals surface area contributed by atoms with E-state index in [2.05, 4.69) is 35.7 Å². The summed E-state index contributed by atoms with van der Waals surface area (Å²) in [6.45, 7) is 8.63. The van der Waals surface area contributed by atoms with Crippen LogP contribution in [0.15, 0.2) is 6.20 Å². The molecule has 1 fully saturated rings. The fourth-order valence-corrected chi connectivity index (χ4v) is 3.69. The van der Waals surface area contributed by atoms with E-state index in [4.69, 9.17) is 0 Å². The second-order valence-corrected chi connectivity index (χ2v) is 7.19. The topological polar surface area (TPSA) is 39.6 Å². The summed E-state index contributed by atoms with van der Waals surface area (Å²) in [6.07, 6.45) is 4.41. The van der Waals surface area contributed by atoms with Gasteiger partial charge in [-0.1, -0.05) is 13.8 Å². The number of aromatic nitrogens is 1. The summed E-state index contributed by atoms with van der Waals surface area (Å²) < 4.78 is 0. The molecule has 1 aromatic rings. The van der Waals surface area contributed by atoms with E-state index in [1.807, 2.05) is 17.5 Å². The third kappa shape index (κ3) is 4.25. The predicted molar refractivity (Wildman–Crippen MR) is 84.2 cm³/mol. The SMILES string of the molecule is CC(C)c1ncc(CN(CCO)C2CCN(C)CC2)s1. The van der Waals surface area contributed by atoms with E-state index in [0.717, 1.165) is 26.2 Å². The molecule has 0 unspecified atom stereocenters. The molecule has 2 rings (SSSR count). The molecule has 0 aliphatic carbocycles. The number of likely N-dealkylation sites (tertiary alicyclic amines) is 1. The summed E-state index contributed by atoms with van der Waals surface area (Å²) in [7, 11) is 2.19. The average molecular weight is 297 g/mol. The van der Waals surface area contributed by atoms with Crippen molar-refractivity contribution in [1.29, 1.82) is 0 Å². The van der Waals surface area contributed by atoms with Gasteiger partial charge >= 0.3 is 0 Å². The molecule has 1 aromatic heterocycles. The van der Waals surface area contributed by atoms with Crippen LogP contribution in [0.2, 0.25) is 0 Å². The van der Waals surface area contributed by atoms with Crippen LogP contribution in [0.4, 0.5) is 0 Å². The predicted octanol–water partition coefficient (Wildman–Crippen LogP) is 2.16. The molecule has 0 aromatic carbocycles. The van der Waals surface area contributed by atoms with E-state index in [9.17, 15) is 5.11 Å². The summed E-state index contributed by atoms with van der Waals surface area (Å²) in [5, 5.41) is 10.5. The molecule has 1 saturated heterocycles. The molecule has 0 spiro atoms. The van der Waals surface area contributed by atoms with E-state index < -0.39 is 0 Å². The van der Waals surface area contributed by atoms with Crippen LogP contribution in [-0.2, 0) is 6.54 Å². The molecule has 5 heteroatoms. The van der Waals surface area contributed by atoms with Crippen molar-refractivity contribution >= 4 is 11.3 Å². The normalized spacial score (nSPS) is 18.3. The van der Waals surface area contributed by atoms with Gasteiger partial charge in [-0.05, 0) is 33.0 Å². The molecule has 2 heterocycles. The highest BCUT2D eigenvalue weighted by atomic mass is 32.1. The van der Waals surface area contributed by atoms with Crippen molar-refractivity contribution in [3.63, 3.8) is 0 Å². The molecule has 0 radical (unpaired) electrons. The Morgan fingerprint density at radius 2 is 2.15 bits per heavy atom. The van der Waals surface area contributed by atoms with Crippen LogP contribution in [-0.4, -0.2) is 59.2 Å². The molecule has 1 N–H and O–H groups in total. The van der Waals surface area contributed by atoms with Gasteiger partial charge in [0, 0.05) is 36.1 Å². The number of thiazole rings is 1. The van der Waals surface area contributed by atoms with Crippen molar-refractivity contribution < 1.29 is 5.11 Å². The van der Waals surface area contributed by atoms with Crippen molar-refractivity contribution in [2.75, 3.05) is 33.3 Å². The van der Waals surface area contributed by atoms with Crippen LogP contribution < -0.4 is 0 Å². The first-order chi connectivity index (χ1) is 9.60. The Hall–Kier alpha value is -0.490. The summed E-state index contributed by atoms with van der Waals surface area (Å²) in [6, 6.07) is 0.600. The zero-order valence-corrected chi connectivity index (χ0v) is 13.7. The lowest BCUT2D eigenvalue weighted by molar-refractivity contribution is 0.0949. The van der Waals surface area contributed by atoms with Crippen molar-refractivity contribution in [3.8, 4) is 0 Å². The van der Waals surface area contributed by atoms with Crippen molar-refractivity contribution in [2.45, 2.75) is 45.2 Å². The second-order valence-electron chi connectivity index (χ2n) is 6.05. The first kappa shape index (κ1) is 15.9. The lowest BCUT2D eigenvalue weighted by atomic mass is 10.0. The molecule has 20 heavy (non-hydrogen) atoms. The highest BCUT2D eigenvalue weighted by Crippen LogP contribution is 2.24. The van der Waals surface area contributed by atoms with E-state index in [-0.39, 0.29) is 6.61 Å². The number of hydrogen-bond acceptors (Lipinski definition) is 5. The van der Waals surface area contributed by atoms with Crippen LogP contribution in [0, 0.1) is 0 Å². The molecule has 0 bridgehead atoms. The molecule has 1 aliphatic heterocycles. The largest absolute Gasteiger partial charge is 0.395 e. The fourth-order valence-electron chi connectivity index (χ4n) is 2.74. The number of hydrogen-bond donors (Lipinski definition) is 1. The minimum Gasteiger partial charge on any atom is -0.395 e. The molecular formula is C15H27N3OS. The van der Waals surface area contributed by atoms with Crippen LogP contribution in [0.1, 0.15) is 42.5 Å². The Bertz CT molecular complexity index is 400. The van der Waals surface area contributed by atoms with Crippen molar-refractivity contribution in [1.82, 2.24) is 14.8 Å². The van der Waals surface area contributed by atoms with E-state index >= 15 is 0 Å². The molecule has 114 valence electrons. The van der Waals surface area contributed by atoms with Gasteiger partial charge in [0.05, 0.1) is 11.6 Å². The molecule has 0 saturated carbocycles. The van der Waals surface area contributed by atoms with Crippen LogP contribution in [0.5, 0.6) is 0 Å². The third-order valence-electron chi connectivity index (χ3n) is 4.02. The van der Waals surface area contributed by atoms with Gasteiger partial charge in [0.15, 0.2) is 0 Å². The molecule has 1 aliphatic rings. The maximum atomic E-state index is 9.33. The minimum absolute atomic E-state index is 0.238. The molecule has 4 nitrogen and oxygen atoms in total. The van der Waals surface area contributed by atoms with E-state index in [1.54, 1.807) is 0 Å². The van der Waals surface area contributed by atoms with Gasteiger partial charge < -0.3 is 10.0 Å². The zero-order chi connectivity index (χ0) is 14.5. The van der Waals surface area contributed by atoms with Gasteiger partial charge in [-0.2, -0.15) is 0 Å². The summed E-state index contributed by atoms with van der Waals surface area (Å²) in [5.41, 5.74) is 0. The smallest absolute Gasteiger partial charge is 0.0953 e. The Morgan fingerprint density at radius 3 is 2.70 bits per heavy atom. The summed E-state index contributed by atoms with van der Waals surface area (Å²) in [5.74, 6) is 0.503. The van der Waals surface area contributed by atoms with Gasteiger partial charge in [0.25, 0.3) is 0 Å². The number of piperidine rings is 1. The lowest BCUT2D eigenvalue weighted by Gasteiger charge is -2.36. The highest BCUT2D eigenvalue weighted by Gasteiger charge is 2.23. The molecule has 0 atom stereocenters. The number of rotatable bonds is 6. The standard InChI is InChI=1S/C15H27N3OS/c1-12(2)15-16-10-14(20-15)11-18(8-9-19)13-4-6-17(3)7-5-13/h10,12-13,19H,4-9,11H2,1-3H3. The van der Waals surface area contributed by atoms with Gasteiger partial charge in [0.1, 0.15) is 0 Å². The van der Waals surface area contributed by atoms with E-state index in [1.165, 1.54) is 22.7 Å². The lowest BCUT2D eigenvalue weighted by Crippen LogP contribution is -2.44. The van der Waals surface area contributed by atoms with Gasteiger partial charge in [-0.15, -0.1) is 11.3 Å². The van der Waals surface area contributed by atoms with Crippen LogP contribution in [0.25, 0.3) is 0 Å². The Morgan fingerprint density at radius 1 is 1.45 bits per heavy atom. The number of nitrogens with zero attached hydrogens (tertiary/aromatic N) is 3. The quantitative estimate of drug-likeness (QED) is 0.873. The molecular weight excluding hydrogens is 270 g/mol. The first-order valence-electron chi connectivity index (χ1n) is 7.58. The van der Waals surface area contributed by atoms with Gasteiger partial charge in [0.2, 0.25) is 0 Å². The zero-order valence-electron chi connectivity index (χ0n) is 12.9. The van der Waals surface area contributed by atoms with Gasteiger partial charge in [-0.25, -0.2) is 4.98 Å². The molecule has 0 amide bonds. The highest BCUT2D eigenvalue weighted by molar-refractivity contribution is 7.11. The third-order valence-corrected chi connectivity index (χ3v) is 5.30. The summed E-state index contributed by atoms with van der Waals surface area (Å²) in [4.78, 5) is 10.6. The Balaban J connectivity index is 1.97. The minimum atomic E-state index is 0.238. The maximum Gasteiger partial charge on any atom is 0.0953 e. The van der Waals surface area contributed by atoms with E-state index in [0.29, 0.717) is 12.0 Å². The number of aliphatic hydroxyl groups excluding tert-OH is 1. The van der Waals surface area contributed by atoms with Crippen molar-refractivity contribution in [2.24, 2.45) is 0 Å². The maximum absolute atomic E-state index is 9.33. The average Bonchev–Trinajstić information content (AvgIpc) is 2.88. The van der Waals surface area contributed by atoms with Crippen LogP contribution in [0.3, 0.4) is 0 Å². The number of aliphatic hydroxyl groups is 1. The first-order valence-corrected chi connectivity index (χ1v) is 8.40.